The first-order chi connectivity index (χ1) is 17.3. The Hall–Kier alpha value is -4.37. The van der Waals surface area contributed by atoms with Crippen LogP contribution in [0.25, 0.3) is 22.7 Å². The quantitative estimate of drug-likeness (QED) is 0.399. The minimum atomic E-state index is -0.568. The van der Waals surface area contributed by atoms with Gasteiger partial charge in [-0.05, 0) is 55.7 Å². The van der Waals surface area contributed by atoms with Gasteiger partial charge in [-0.25, -0.2) is 4.68 Å². The fourth-order valence-corrected chi connectivity index (χ4v) is 4.36. The SMILES string of the molecule is CCc1cc2cccc(CN(C)C)c2c(=O)n1-c1ccccc1.NC(=O)c1c(N)nn2c1NCC=C2. The number of fused-ring (bicyclic) bond motifs is 2. The zero-order chi connectivity index (χ0) is 25.8. The van der Waals surface area contributed by atoms with Crippen molar-refractivity contribution in [3.05, 3.63) is 87.8 Å². The molecule has 4 aromatic rings. The number of benzene rings is 2. The molecule has 0 unspecified atom stereocenters. The van der Waals surface area contributed by atoms with Crippen LogP contribution in [0.2, 0.25) is 0 Å². The fraction of sp³-hybridized carbons (Fsp3) is 0.222. The third-order valence-electron chi connectivity index (χ3n) is 5.89. The van der Waals surface area contributed by atoms with Crippen molar-refractivity contribution in [2.24, 2.45) is 5.73 Å². The summed E-state index contributed by atoms with van der Waals surface area (Å²) >= 11 is 0. The number of nitrogens with two attached hydrogens (primary N) is 2. The van der Waals surface area contributed by atoms with Gasteiger partial charge in [0.2, 0.25) is 0 Å². The lowest BCUT2D eigenvalue weighted by Crippen LogP contribution is -2.23. The predicted octanol–water partition coefficient (Wildman–Crippen LogP) is 3.08. The summed E-state index contributed by atoms with van der Waals surface area (Å²) in [6, 6.07) is 18.1. The van der Waals surface area contributed by atoms with E-state index in [4.69, 9.17) is 11.5 Å². The highest BCUT2D eigenvalue weighted by molar-refractivity contribution is 6.02. The van der Waals surface area contributed by atoms with E-state index in [1.54, 1.807) is 6.20 Å². The van der Waals surface area contributed by atoms with E-state index in [0.717, 1.165) is 40.7 Å². The second-order valence-electron chi connectivity index (χ2n) is 8.77. The molecule has 0 saturated heterocycles. The molecule has 0 saturated carbocycles. The first-order valence-electron chi connectivity index (χ1n) is 11.8. The molecule has 0 fully saturated rings. The van der Waals surface area contributed by atoms with Crippen LogP contribution in [0.15, 0.2) is 65.5 Å². The maximum absolute atomic E-state index is 13.3. The summed E-state index contributed by atoms with van der Waals surface area (Å²) in [7, 11) is 4.05. The number of rotatable bonds is 5. The summed E-state index contributed by atoms with van der Waals surface area (Å²) in [4.78, 5) is 26.3. The summed E-state index contributed by atoms with van der Waals surface area (Å²) in [6.07, 6.45) is 4.41. The van der Waals surface area contributed by atoms with Crippen molar-refractivity contribution in [3.8, 4) is 5.69 Å². The molecule has 1 aliphatic heterocycles. The number of nitrogens with one attached hydrogen (secondary N) is 1. The molecule has 1 amide bonds. The van der Waals surface area contributed by atoms with E-state index < -0.39 is 5.91 Å². The molecule has 2 aromatic heterocycles. The maximum atomic E-state index is 13.3. The Morgan fingerprint density at radius 3 is 2.56 bits per heavy atom. The molecule has 186 valence electrons. The molecule has 0 aliphatic carbocycles. The van der Waals surface area contributed by atoms with Gasteiger partial charge in [0.15, 0.2) is 5.82 Å². The summed E-state index contributed by atoms with van der Waals surface area (Å²) in [5, 5.41) is 8.73. The Kier molecular flexibility index (Phi) is 7.21. The summed E-state index contributed by atoms with van der Waals surface area (Å²) in [6.45, 7) is 3.49. The number of hydrogen-bond donors (Lipinski definition) is 3. The topological polar surface area (TPSA) is 124 Å². The first-order valence-corrected chi connectivity index (χ1v) is 11.8. The summed E-state index contributed by atoms with van der Waals surface area (Å²) < 4.78 is 3.35. The number of hydrogen-bond acceptors (Lipinski definition) is 6. The average molecular weight is 486 g/mol. The minimum Gasteiger partial charge on any atom is -0.381 e. The molecule has 36 heavy (non-hydrogen) atoms. The number of para-hydroxylation sites is 1. The molecule has 0 bridgehead atoms. The highest BCUT2D eigenvalue weighted by Gasteiger charge is 2.20. The number of amides is 1. The predicted molar refractivity (Wildman–Crippen MR) is 145 cm³/mol. The van der Waals surface area contributed by atoms with Gasteiger partial charge in [0, 0.05) is 30.7 Å². The van der Waals surface area contributed by atoms with Gasteiger partial charge in [0.1, 0.15) is 11.4 Å². The molecule has 2 aromatic carbocycles. The van der Waals surface area contributed by atoms with Crippen LogP contribution in [0.1, 0.15) is 28.5 Å². The number of aromatic nitrogens is 3. The molecule has 9 heteroatoms. The van der Waals surface area contributed by atoms with Gasteiger partial charge in [-0.3, -0.25) is 14.2 Å². The van der Waals surface area contributed by atoms with Gasteiger partial charge in [-0.1, -0.05) is 43.3 Å². The number of pyridine rings is 1. The van der Waals surface area contributed by atoms with E-state index in [1.165, 1.54) is 4.68 Å². The lowest BCUT2D eigenvalue weighted by molar-refractivity contribution is 0.100. The Labute approximate surface area is 209 Å². The van der Waals surface area contributed by atoms with Crippen LogP contribution in [-0.2, 0) is 13.0 Å². The van der Waals surface area contributed by atoms with Crippen molar-refractivity contribution in [1.82, 2.24) is 19.2 Å². The van der Waals surface area contributed by atoms with Crippen molar-refractivity contribution in [2.45, 2.75) is 19.9 Å². The van der Waals surface area contributed by atoms with Crippen molar-refractivity contribution in [3.63, 3.8) is 0 Å². The van der Waals surface area contributed by atoms with E-state index in [2.05, 4.69) is 28.3 Å². The molecule has 5 rings (SSSR count). The molecule has 1 aliphatic rings. The van der Waals surface area contributed by atoms with Crippen LogP contribution in [-0.4, -0.2) is 45.8 Å². The molecule has 3 heterocycles. The largest absolute Gasteiger partial charge is 0.381 e. The molecule has 0 radical (unpaired) electrons. The second kappa shape index (κ2) is 10.5. The van der Waals surface area contributed by atoms with E-state index >= 15 is 0 Å². The Bertz CT molecular complexity index is 1480. The number of carbonyl (C=O) groups is 1. The monoisotopic (exact) mass is 485 g/mol. The Morgan fingerprint density at radius 1 is 1.14 bits per heavy atom. The highest BCUT2D eigenvalue weighted by Crippen LogP contribution is 2.23. The highest BCUT2D eigenvalue weighted by atomic mass is 16.1. The number of primary amides is 1. The molecule has 0 atom stereocenters. The molecular formula is C27H31N7O2. The van der Waals surface area contributed by atoms with Crippen molar-refractivity contribution in [2.75, 3.05) is 31.7 Å². The smallest absolute Gasteiger partial charge is 0.263 e. The molecule has 5 N–H and O–H groups in total. The lowest BCUT2D eigenvalue weighted by atomic mass is 10.0. The Morgan fingerprint density at radius 2 is 1.89 bits per heavy atom. The number of nitrogen functional groups attached to an aromatic ring is 1. The van der Waals surface area contributed by atoms with E-state index in [-0.39, 0.29) is 16.9 Å². The van der Waals surface area contributed by atoms with Crippen LogP contribution < -0.4 is 22.3 Å². The van der Waals surface area contributed by atoms with Gasteiger partial charge >= 0.3 is 0 Å². The number of carbonyl (C=O) groups excluding carboxylic acids is 1. The first kappa shape index (κ1) is 24.7. The summed E-state index contributed by atoms with van der Waals surface area (Å²) in [5.41, 5.74) is 14.0. The Balaban J connectivity index is 0.000000197. The number of anilines is 2. The fourth-order valence-electron chi connectivity index (χ4n) is 4.36. The van der Waals surface area contributed by atoms with E-state index in [9.17, 15) is 9.59 Å². The van der Waals surface area contributed by atoms with E-state index in [1.807, 2.05) is 73.3 Å². The molecular weight excluding hydrogens is 454 g/mol. The van der Waals surface area contributed by atoms with Crippen LogP contribution in [0.4, 0.5) is 11.6 Å². The van der Waals surface area contributed by atoms with Crippen molar-refractivity contribution < 1.29 is 4.79 Å². The van der Waals surface area contributed by atoms with Gasteiger partial charge in [0.25, 0.3) is 11.5 Å². The maximum Gasteiger partial charge on any atom is 0.263 e. The zero-order valence-corrected chi connectivity index (χ0v) is 20.7. The lowest BCUT2D eigenvalue weighted by Gasteiger charge is -2.16. The van der Waals surface area contributed by atoms with E-state index in [0.29, 0.717) is 12.4 Å². The van der Waals surface area contributed by atoms with Gasteiger partial charge < -0.3 is 21.7 Å². The minimum absolute atomic E-state index is 0.0722. The zero-order valence-electron chi connectivity index (χ0n) is 20.7. The third kappa shape index (κ3) is 4.87. The van der Waals surface area contributed by atoms with Crippen LogP contribution >= 0.6 is 0 Å². The summed E-state index contributed by atoms with van der Waals surface area (Å²) in [5.74, 6) is 0.149. The normalized spacial score (nSPS) is 12.1. The van der Waals surface area contributed by atoms with Crippen LogP contribution in [0, 0.1) is 0 Å². The van der Waals surface area contributed by atoms with Crippen LogP contribution in [0.3, 0.4) is 0 Å². The van der Waals surface area contributed by atoms with Gasteiger partial charge in [0.05, 0.1) is 5.39 Å². The van der Waals surface area contributed by atoms with Crippen LogP contribution in [0.5, 0.6) is 0 Å². The number of aryl methyl sites for hydroxylation is 1. The standard InChI is InChI=1S/C20H22N2O.C7H9N5O/c1-4-17-13-15-9-8-10-16(14-21(2)3)19(15)20(23)22(17)18-11-6-5-7-12-18;8-5-4(6(9)13)7-10-2-1-3-12(7)11-5/h5-13H,4,14H2,1-3H3;1,3,10H,2H2,(H2,8,11)(H2,9,13). The van der Waals surface area contributed by atoms with Crippen molar-refractivity contribution >= 4 is 34.5 Å². The number of nitrogens with zero attached hydrogens (tertiary/aromatic N) is 4. The molecule has 9 nitrogen and oxygen atoms in total. The molecule has 0 spiro atoms. The van der Waals surface area contributed by atoms with Gasteiger partial charge in [-0.2, -0.15) is 0 Å². The van der Waals surface area contributed by atoms with Gasteiger partial charge in [-0.15, -0.1) is 5.10 Å². The third-order valence-corrected chi connectivity index (χ3v) is 5.89. The average Bonchev–Trinajstić information content (AvgIpc) is 3.20. The van der Waals surface area contributed by atoms with Crippen molar-refractivity contribution in [1.29, 1.82) is 0 Å². The second-order valence-corrected chi connectivity index (χ2v) is 8.77.